The van der Waals surface area contributed by atoms with Gasteiger partial charge in [-0.05, 0) is 32.3 Å². The summed E-state index contributed by atoms with van der Waals surface area (Å²) in [6.07, 6.45) is 2.69. The first-order valence-corrected chi connectivity index (χ1v) is 9.87. The van der Waals surface area contributed by atoms with Crippen LogP contribution in [0.25, 0.3) is 11.0 Å². The quantitative estimate of drug-likeness (QED) is 0.920. The van der Waals surface area contributed by atoms with Crippen LogP contribution in [0.2, 0.25) is 0 Å². The molecule has 1 N–H and O–H groups in total. The largest absolute Gasteiger partial charge is 0.450 e. The molecule has 7 heteroatoms. The molecule has 3 rings (SSSR count). The van der Waals surface area contributed by atoms with E-state index in [1.54, 1.807) is 0 Å². The zero-order valence-corrected chi connectivity index (χ0v) is 14.9. The number of hydrogen-bond donors (Lipinski definition) is 1. The zero-order chi connectivity index (χ0) is 17.5. The van der Waals surface area contributed by atoms with Gasteiger partial charge in [-0.2, -0.15) is 0 Å². The molecule has 1 unspecified atom stereocenters. The molecule has 24 heavy (non-hydrogen) atoms. The maximum atomic E-state index is 12.6. The standard InChI is InChI=1S/C17H22N2O4S/c1-11-6-4-8-14-12(2)16(23-15(11)14)17(20)18-13-7-5-9-19(10-13)24(3,21)22/h4,6,8,13H,5,7,9-10H2,1-3H3,(H,18,20). The molecule has 1 aliphatic rings. The minimum atomic E-state index is -3.23. The highest BCUT2D eigenvalue weighted by Gasteiger charge is 2.28. The average molecular weight is 350 g/mol. The van der Waals surface area contributed by atoms with Crippen molar-refractivity contribution in [1.29, 1.82) is 0 Å². The number of sulfonamides is 1. The third-order valence-corrected chi connectivity index (χ3v) is 5.82. The molecule has 0 bridgehead atoms. The molecule has 1 fully saturated rings. The number of benzene rings is 1. The van der Waals surface area contributed by atoms with Crippen LogP contribution < -0.4 is 5.32 Å². The molecule has 0 spiro atoms. The fourth-order valence-electron chi connectivity index (χ4n) is 3.21. The molecule has 2 aromatic rings. The van der Waals surface area contributed by atoms with Gasteiger partial charge in [0.25, 0.3) is 5.91 Å². The van der Waals surface area contributed by atoms with Crippen LogP contribution in [-0.2, 0) is 10.0 Å². The Hall–Kier alpha value is -1.86. The number of fused-ring (bicyclic) bond motifs is 1. The second kappa shape index (κ2) is 6.22. The molecular weight excluding hydrogens is 328 g/mol. The van der Waals surface area contributed by atoms with Crippen molar-refractivity contribution in [2.24, 2.45) is 0 Å². The number of piperidine rings is 1. The molecule has 0 saturated carbocycles. The summed E-state index contributed by atoms with van der Waals surface area (Å²) in [4.78, 5) is 12.6. The highest BCUT2D eigenvalue weighted by Crippen LogP contribution is 2.27. The number of hydrogen-bond acceptors (Lipinski definition) is 4. The summed E-state index contributed by atoms with van der Waals surface area (Å²) in [6.45, 7) is 4.62. The van der Waals surface area contributed by atoms with Crippen LogP contribution in [-0.4, -0.2) is 44.0 Å². The summed E-state index contributed by atoms with van der Waals surface area (Å²) in [7, 11) is -3.23. The number of nitrogens with one attached hydrogen (secondary N) is 1. The molecule has 1 aliphatic heterocycles. The molecule has 1 saturated heterocycles. The van der Waals surface area contributed by atoms with Crippen LogP contribution in [0.3, 0.4) is 0 Å². The maximum Gasteiger partial charge on any atom is 0.287 e. The Morgan fingerprint density at radius 1 is 1.33 bits per heavy atom. The molecule has 0 aliphatic carbocycles. The molecule has 1 aromatic heterocycles. The number of amides is 1. The van der Waals surface area contributed by atoms with E-state index in [2.05, 4.69) is 5.32 Å². The Morgan fingerprint density at radius 3 is 2.75 bits per heavy atom. The summed E-state index contributed by atoms with van der Waals surface area (Å²) in [5.74, 6) is 0.0132. The van der Waals surface area contributed by atoms with E-state index >= 15 is 0 Å². The predicted molar refractivity (Wildman–Crippen MR) is 92.6 cm³/mol. The SMILES string of the molecule is Cc1c(C(=O)NC2CCCN(S(C)(=O)=O)C2)oc2c(C)cccc12. The van der Waals surface area contributed by atoms with Crippen molar-refractivity contribution in [3.63, 3.8) is 0 Å². The molecule has 2 heterocycles. The lowest BCUT2D eigenvalue weighted by Gasteiger charge is -2.31. The first-order valence-electron chi connectivity index (χ1n) is 8.02. The van der Waals surface area contributed by atoms with E-state index < -0.39 is 10.0 Å². The van der Waals surface area contributed by atoms with Gasteiger partial charge in [0.2, 0.25) is 10.0 Å². The lowest BCUT2D eigenvalue weighted by molar-refractivity contribution is 0.0894. The number of aryl methyl sites for hydroxylation is 2. The van der Waals surface area contributed by atoms with Crippen molar-refractivity contribution in [2.75, 3.05) is 19.3 Å². The molecule has 1 aromatic carbocycles. The van der Waals surface area contributed by atoms with Crippen molar-refractivity contribution in [2.45, 2.75) is 32.7 Å². The van der Waals surface area contributed by atoms with Crippen molar-refractivity contribution in [3.05, 3.63) is 35.1 Å². The fraction of sp³-hybridized carbons (Fsp3) is 0.471. The summed E-state index contributed by atoms with van der Waals surface area (Å²) in [5, 5.41) is 3.85. The second-order valence-corrected chi connectivity index (χ2v) is 8.42. The second-order valence-electron chi connectivity index (χ2n) is 6.44. The Morgan fingerprint density at radius 2 is 2.08 bits per heavy atom. The van der Waals surface area contributed by atoms with Gasteiger partial charge >= 0.3 is 0 Å². The van der Waals surface area contributed by atoms with E-state index in [9.17, 15) is 13.2 Å². The van der Waals surface area contributed by atoms with Crippen molar-refractivity contribution in [1.82, 2.24) is 9.62 Å². The Bertz CT molecular complexity index is 885. The zero-order valence-electron chi connectivity index (χ0n) is 14.1. The molecule has 1 atom stereocenters. The number of para-hydroxylation sites is 1. The van der Waals surface area contributed by atoms with E-state index in [1.165, 1.54) is 10.6 Å². The van der Waals surface area contributed by atoms with Gasteiger partial charge in [-0.1, -0.05) is 18.2 Å². The van der Waals surface area contributed by atoms with Gasteiger partial charge in [-0.15, -0.1) is 0 Å². The van der Waals surface area contributed by atoms with Gasteiger partial charge in [0.1, 0.15) is 5.58 Å². The molecule has 130 valence electrons. The number of carbonyl (C=O) groups is 1. The number of carbonyl (C=O) groups excluding carboxylic acids is 1. The molecule has 1 amide bonds. The monoisotopic (exact) mass is 350 g/mol. The molecule has 0 radical (unpaired) electrons. The highest BCUT2D eigenvalue weighted by molar-refractivity contribution is 7.88. The van der Waals surface area contributed by atoms with Crippen LogP contribution in [0.5, 0.6) is 0 Å². The van der Waals surface area contributed by atoms with Gasteiger partial charge in [0, 0.05) is 30.1 Å². The first kappa shape index (κ1) is 17.0. The molecular formula is C17H22N2O4S. The van der Waals surface area contributed by atoms with Crippen LogP contribution in [0, 0.1) is 13.8 Å². The fourth-order valence-corrected chi connectivity index (χ4v) is 4.12. The smallest absolute Gasteiger partial charge is 0.287 e. The predicted octanol–water partition coefficient (Wildman–Crippen LogP) is 2.20. The van der Waals surface area contributed by atoms with Gasteiger partial charge in [-0.3, -0.25) is 4.79 Å². The van der Waals surface area contributed by atoms with Crippen LogP contribution >= 0.6 is 0 Å². The summed E-state index contributed by atoms with van der Waals surface area (Å²) in [6, 6.07) is 5.62. The first-order chi connectivity index (χ1) is 11.3. The van der Waals surface area contributed by atoms with Gasteiger partial charge in [-0.25, -0.2) is 12.7 Å². The minimum Gasteiger partial charge on any atom is -0.450 e. The van der Waals surface area contributed by atoms with Crippen LogP contribution in [0.4, 0.5) is 0 Å². The third kappa shape index (κ3) is 3.18. The van der Waals surface area contributed by atoms with Crippen molar-refractivity contribution in [3.8, 4) is 0 Å². The number of rotatable bonds is 3. The van der Waals surface area contributed by atoms with Crippen molar-refractivity contribution >= 4 is 26.9 Å². The lowest BCUT2D eigenvalue weighted by Crippen LogP contribution is -2.49. The van der Waals surface area contributed by atoms with Crippen LogP contribution in [0.15, 0.2) is 22.6 Å². The summed E-state index contributed by atoms with van der Waals surface area (Å²) in [5.41, 5.74) is 2.51. The third-order valence-electron chi connectivity index (χ3n) is 4.56. The Kier molecular flexibility index (Phi) is 4.40. The Balaban J connectivity index is 1.80. The van der Waals surface area contributed by atoms with E-state index in [4.69, 9.17) is 4.42 Å². The Labute approximate surface area is 141 Å². The van der Waals surface area contributed by atoms with Crippen molar-refractivity contribution < 1.29 is 17.6 Å². The average Bonchev–Trinajstić information content (AvgIpc) is 2.86. The van der Waals surface area contributed by atoms with E-state index in [1.807, 2.05) is 32.0 Å². The highest BCUT2D eigenvalue weighted by atomic mass is 32.2. The van der Waals surface area contributed by atoms with Gasteiger partial charge in [0.15, 0.2) is 5.76 Å². The lowest BCUT2D eigenvalue weighted by atomic mass is 10.1. The maximum absolute atomic E-state index is 12.6. The van der Waals surface area contributed by atoms with Gasteiger partial charge in [0.05, 0.1) is 6.26 Å². The van der Waals surface area contributed by atoms with E-state index in [-0.39, 0.29) is 11.9 Å². The van der Waals surface area contributed by atoms with E-state index in [0.717, 1.165) is 34.9 Å². The van der Waals surface area contributed by atoms with E-state index in [0.29, 0.717) is 18.8 Å². The normalized spacial score (nSPS) is 19.5. The number of furan rings is 1. The van der Waals surface area contributed by atoms with Crippen LogP contribution in [0.1, 0.15) is 34.5 Å². The molecule has 6 nitrogen and oxygen atoms in total. The summed E-state index contributed by atoms with van der Waals surface area (Å²) >= 11 is 0. The minimum absolute atomic E-state index is 0.199. The number of nitrogens with zero attached hydrogens (tertiary/aromatic N) is 1. The topological polar surface area (TPSA) is 79.6 Å². The summed E-state index contributed by atoms with van der Waals surface area (Å²) < 4.78 is 30.6. The van der Waals surface area contributed by atoms with Gasteiger partial charge < -0.3 is 9.73 Å².